The van der Waals surface area contributed by atoms with E-state index in [0.29, 0.717) is 12.2 Å². The first-order valence-corrected chi connectivity index (χ1v) is 8.73. The SMILES string of the molecule is COc1ccc2c(c1)S(=O)(=O)C(O)CCC2c1ccccc1. The van der Waals surface area contributed by atoms with Gasteiger partial charge in [-0.25, -0.2) is 8.42 Å². The summed E-state index contributed by atoms with van der Waals surface area (Å²) in [6.07, 6.45) is 0.808. The number of ether oxygens (including phenoxy) is 1. The summed E-state index contributed by atoms with van der Waals surface area (Å²) >= 11 is 0. The lowest BCUT2D eigenvalue weighted by Gasteiger charge is -2.18. The fourth-order valence-corrected chi connectivity index (χ4v) is 4.53. The van der Waals surface area contributed by atoms with E-state index < -0.39 is 15.3 Å². The average molecular weight is 318 g/mol. The van der Waals surface area contributed by atoms with Gasteiger partial charge in [0.1, 0.15) is 5.75 Å². The quantitative estimate of drug-likeness (QED) is 0.925. The van der Waals surface area contributed by atoms with Crippen LogP contribution in [0.5, 0.6) is 5.75 Å². The summed E-state index contributed by atoms with van der Waals surface area (Å²) in [5.41, 5.74) is 0.411. The van der Waals surface area contributed by atoms with Crippen molar-refractivity contribution >= 4 is 9.84 Å². The Labute approximate surface area is 130 Å². The highest BCUT2D eigenvalue weighted by molar-refractivity contribution is 7.92. The van der Waals surface area contributed by atoms with E-state index in [9.17, 15) is 13.5 Å². The van der Waals surface area contributed by atoms with E-state index >= 15 is 0 Å². The van der Waals surface area contributed by atoms with Gasteiger partial charge in [-0.3, -0.25) is 0 Å². The average Bonchev–Trinajstić information content (AvgIpc) is 2.64. The third kappa shape index (κ3) is 2.51. The van der Waals surface area contributed by atoms with Gasteiger partial charge < -0.3 is 9.84 Å². The minimum Gasteiger partial charge on any atom is -0.497 e. The van der Waals surface area contributed by atoms with E-state index in [-0.39, 0.29) is 17.2 Å². The molecule has 2 aromatic rings. The van der Waals surface area contributed by atoms with Gasteiger partial charge in [0.15, 0.2) is 5.44 Å². The Kier molecular flexibility index (Phi) is 3.93. The molecule has 3 rings (SSSR count). The number of hydrogen-bond acceptors (Lipinski definition) is 4. The molecule has 0 fully saturated rings. The second-order valence-electron chi connectivity index (χ2n) is 5.44. The van der Waals surface area contributed by atoms with Crippen LogP contribution < -0.4 is 4.74 Å². The van der Waals surface area contributed by atoms with Crippen molar-refractivity contribution in [2.45, 2.75) is 29.1 Å². The molecule has 2 unspecified atom stereocenters. The summed E-state index contributed by atoms with van der Waals surface area (Å²) in [4.78, 5) is 0.172. The lowest BCUT2D eigenvalue weighted by atomic mass is 9.87. The molecule has 2 aromatic carbocycles. The van der Waals surface area contributed by atoms with Gasteiger partial charge in [-0.1, -0.05) is 36.4 Å². The van der Waals surface area contributed by atoms with Crippen molar-refractivity contribution in [3.8, 4) is 5.75 Å². The predicted octanol–water partition coefficient (Wildman–Crippen LogP) is 2.71. The molecule has 1 heterocycles. The third-order valence-corrected chi connectivity index (χ3v) is 6.08. The Morgan fingerprint density at radius 3 is 2.50 bits per heavy atom. The Hall–Kier alpha value is -1.85. The maximum atomic E-state index is 12.6. The van der Waals surface area contributed by atoms with E-state index in [1.54, 1.807) is 12.1 Å². The van der Waals surface area contributed by atoms with Crippen molar-refractivity contribution in [1.82, 2.24) is 0 Å². The molecule has 0 saturated carbocycles. The van der Waals surface area contributed by atoms with Crippen molar-refractivity contribution in [2.75, 3.05) is 7.11 Å². The molecule has 5 heteroatoms. The largest absolute Gasteiger partial charge is 0.497 e. The molecule has 0 radical (unpaired) electrons. The van der Waals surface area contributed by atoms with E-state index in [0.717, 1.165) is 11.1 Å². The van der Waals surface area contributed by atoms with Gasteiger partial charge >= 0.3 is 0 Å². The van der Waals surface area contributed by atoms with Crippen LogP contribution in [0.4, 0.5) is 0 Å². The van der Waals surface area contributed by atoms with E-state index in [1.165, 1.54) is 13.2 Å². The van der Waals surface area contributed by atoms with Crippen molar-refractivity contribution in [3.63, 3.8) is 0 Å². The minimum absolute atomic E-state index is 0.0472. The van der Waals surface area contributed by atoms with Crippen LogP contribution in [0.15, 0.2) is 53.4 Å². The molecule has 0 aliphatic carbocycles. The second-order valence-corrected chi connectivity index (χ2v) is 7.52. The molecule has 1 N–H and O–H groups in total. The molecule has 1 aliphatic rings. The van der Waals surface area contributed by atoms with Crippen LogP contribution >= 0.6 is 0 Å². The number of sulfone groups is 1. The first kappa shape index (κ1) is 15.1. The van der Waals surface area contributed by atoms with E-state index in [1.807, 2.05) is 30.3 Å². The molecule has 22 heavy (non-hydrogen) atoms. The van der Waals surface area contributed by atoms with Crippen LogP contribution in [-0.2, 0) is 9.84 Å². The predicted molar refractivity (Wildman–Crippen MR) is 83.7 cm³/mol. The van der Waals surface area contributed by atoms with Gasteiger partial charge in [-0.05, 0) is 36.1 Å². The number of hydrogen-bond donors (Lipinski definition) is 1. The molecule has 0 amide bonds. The van der Waals surface area contributed by atoms with Crippen LogP contribution in [0, 0.1) is 0 Å². The lowest BCUT2D eigenvalue weighted by molar-refractivity contribution is 0.235. The van der Waals surface area contributed by atoms with Crippen molar-refractivity contribution < 1.29 is 18.3 Å². The van der Waals surface area contributed by atoms with Gasteiger partial charge in [-0.15, -0.1) is 0 Å². The number of benzene rings is 2. The van der Waals surface area contributed by atoms with E-state index in [2.05, 4.69) is 0 Å². The van der Waals surface area contributed by atoms with Crippen LogP contribution in [0.25, 0.3) is 0 Å². The third-order valence-electron chi connectivity index (χ3n) is 4.17. The summed E-state index contributed by atoms with van der Waals surface area (Å²) in [7, 11) is -2.26. The first-order chi connectivity index (χ1) is 10.5. The molecule has 1 aliphatic heterocycles. The fourth-order valence-electron chi connectivity index (χ4n) is 2.97. The number of aliphatic hydroxyl groups excluding tert-OH is 1. The van der Waals surface area contributed by atoms with Crippen LogP contribution in [-0.4, -0.2) is 26.1 Å². The number of fused-ring (bicyclic) bond motifs is 1. The summed E-state index contributed by atoms with van der Waals surface area (Å²) in [5.74, 6) is 0.428. The monoisotopic (exact) mass is 318 g/mol. The zero-order valence-electron chi connectivity index (χ0n) is 12.3. The summed E-state index contributed by atoms with van der Waals surface area (Å²) in [6.45, 7) is 0. The zero-order valence-corrected chi connectivity index (χ0v) is 13.1. The highest BCUT2D eigenvalue weighted by atomic mass is 32.2. The standard InChI is InChI=1S/C17H18O4S/c1-21-13-7-8-15-14(12-5-3-2-4-6-12)9-10-17(18)22(19,20)16(15)11-13/h2-8,11,14,17-18H,9-10H2,1H3. The summed E-state index contributed by atoms with van der Waals surface area (Å²) < 4.78 is 30.3. The van der Waals surface area contributed by atoms with Crippen molar-refractivity contribution in [3.05, 3.63) is 59.7 Å². The van der Waals surface area contributed by atoms with Crippen LogP contribution in [0.1, 0.15) is 29.9 Å². The maximum Gasteiger partial charge on any atom is 0.205 e. The Morgan fingerprint density at radius 2 is 1.82 bits per heavy atom. The molecule has 0 spiro atoms. The highest BCUT2D eigenvalue weighted by Gasteiger charge is 2.35. The number of rotatable bonds is 2. The topological polar surface area (TPSA) is 63.6 Å². The molecule has 116 valence electrons. The normalized spacial score (nSPS) is 23.4. The highest BCUT2D eigenvalue weighted by Crippen LogP contribution is 2.40. The molecular formula is C17H18O4S. The molecule has 4 nitrogen and oxygen atoms in total. The zero-order chi connectivity index (χ0) is 15.7. The molecule has 0 bridgehead atoms. The van der Waals surface area contributed by atoms with Gasteiger partial charge in [0.25, 0.3) is 0 Å². The first-order valence-electron chi connectivity index (χ1n) is 7.19. The van der Waals surface area contributed by atoms with Gasteiger partial charge in [0.05, 0.1) is 12.0 Å². The molecule has 0 saturated heterocycles. The van der Waals surface area contributed by atoms with Gasteiger partial charge in [-0.2, -0.15) is 0 Å². The molecule has 2 atom stereocenters. The summed E-state index contributed by atoms with van der Waals surface area (Å²) in [6, 6.07) is 14.9. The Morgan fingerprint density at radius 1 is 1.09 bits per heavy atom. The maximum absolute atomic E-state index is 12.6. The van der Waals surface area contributed by atoms with Crippen molar-refractivity contribution in [1.29, 1.82) is 0 Å². The smallest absolute Gasteiger partial charge is 0.205 e. The minimum atomic E-state index is -3.76. The second kappa shape index (κ2) is 5.74. The molecular weight excluding hydrogens is 300 g/mol. The number of methoxy groups -OCH3 is 1. The number of aliphatic hydroxyl groups is 1. The lowest BCUT2D eigenvalue weighted by Crippen LogP contribution is -2.19. The summed E-state index contributed by atoms with van der Waals surface area (Å²) in [5, 5.41) is 10.1. The Balaban J connectivity index is 2.22. The van der Waals surface area contributed by atoms with Gasteiger partial charge in [0, 0.05) is 5.92 Å². The van der Waals surface area contributed by atoms with Crippen molar-refractivity contribution in [2.24, 2.45) is 0 Å². The van der Waals surface area contributed by atoms with Crippen LogP contribution in [0.3, 0.4) is 0 Å². The Bertz CT molecular complexity index is 769. The van der Waals surface area contributed by atoms with E-state index in [4.69, 9.17) is 4.74 Å². The molecule has 0 aromatic heterocycles. The van der Waals surface area contributed by atoms with Crippen LogP contribution in [0.2, 0.25) is 0 Å². The van der Waals surface area contributed by atoms with Gasteiger partial charge in [0.2, 0.25) is 9.84 Å². The fraction of sp³-hybridized carbons (Fsp3) is 0.294.